The fourth-order valence-corrected chi connectivity index (χ4v) is 4.64. The standard InChI is InChI=1S/C14H18N2O/c1-2-16-10(5-6-15-16)14(17)13-11-8-3-4-9(7-8)12(11)13/h5-6,8-9,11-13H,2-4,7H2,1H3. The molecule has 4 unspecified atom stereocenters. The van der Waals surface area contributed by atoms with Crippen LogP contribution < -0.4 is 0 Å². The maximum atomic E-state index is 12.5. The monoisotopic (exact) mass is 230 g/mol. The highest BCUT2D eigenvalue weighted by atomic mass is 16.1. The van der Waals surface area contributed by atoms with E-state index in [0.717, 1.165) is 35.9 Å². The van der Waals surface area contributed by atoms with Gasteiger partial charge in [-0.1, -0.05) is 0 Å². The van der Waals surface area contributed by atoms with Crippen LogP contribution in [0.1, 0.15) is 36.7 Å². The van der Waals surface area contributed by atoms with Gasteiger partial charge in [0.05, 0.1) is 0 Å². The molecule has 3 saturated carbocycles. The van der Waals surface area contributed by atoms with Crippen molar-refractivity contribution in [1.29, 1.82) is 0 Å². The predicted molar refractivity (Wildman–Crippen MR) is 63.5 cm³/mol. The molecule has 0 saturated heterocycles. The molecular weight excluding hydrogens is 212 g/mol. The Bertz CT molecular complexity index is 462. The number of carbonyl (C=O) groups is 1. The molecule has 0 aliphatic heterocycles. The van der Waals surface area contributed by atoms with Crippen LogP contribution in [0.15, 0.2) is 12.3 Å². The van der Waals surface area contributed by atoms with Crippen LogP contribution in [-0.4, -0.2) is 15.6 Å². The summed E-state index contributed by atoms with van der Waals surface area (Å²) in [4.78, 5) is 12.5. The lowest BCUT2D eigenvalue weighted by Gasteiger charge is -2.08. The summed E-state index contributed by atoms with van der Waals surface area (Å²) >= 11 is 0. The van der Waals surface area contributed by atoms with Crippen molar-refractivity contribution in [1.82, 2.24) is 9.78 Å². The largest absolute Gasteiger partial charge is 0.292 e. The molecule has 1 aromatic heterocycles. The minimum absolute atomic E-state index is 0.350. The van der Waals surface area contributed by atoms with E-state index in [1.54, 1.807) is 6.20 Å². The molecule has 0 N–H and O–H groups in total. The van der Waals surface area contributed by atoms with E-state index < -0.39 is 0 Å². The normalized spacial score (nSPS) is 41.6. The summed E-state index contributed by atoms with van der Waals surface area (Å²) < 4.78 is 1.85. The predicted octanol–water partition coefficient (Wildman–Crippen LogP) is 2.38. The Morgan fingerprint density at radius 2 is 2.12 bits per heavy atom. The highest BCUT2D eigenvalue weighted by Crippen LogP contribution is 2.69. The van der Waals surface area contributed by atoms with Crippen molar-refractivity contribution in [2.75, 3.05) is 0 Å². The quantitative estimate of drug-likeness (QED) is 0.747. The minimum atomic E-state index is 0.350. The van der Waals surface area contributed by atoms with Crippen molar-refractivity contribution in [3.63, 3.8) is 0 Å². The molecule has 3 fully saturated rings. The van der Waals surface area contributed by atoms with Crippen LogP contribution >= 0.6 is 0 Å². The third-order valence-electron chi connectivity index (χ3n) is 5.31. The van der Waals surface area contributed by atoms with E-state index in [4.69, 9.17) is 0 Å². The van der Waals surface area contributed by atoms with Gasteiger partial charge < -0.3 is 0 Å². The van der Waals surface area contributed by atoms with Gasteiger partial charge in [0.1, 0.15) is 5.69 Å². The Balaban J connectivity index is 1.60. The highest BCUT2D eigenvalue weighted by molar-refractivity contribution is 5.98. The lowest BCUT2D eigenvalue weighted by atomic mass is 9.98. The van der Waals surface area contributed by atoms with Crippen molar-refractivity contribution in [2.45, 2.75) is 32.7 Å². The van der Waals surface area contributed by atoms with Crippen LogP contribution in [0.4, 0.5) is 0 Å². The first-order chi connectivity index (χ1) is 8.31. The van der Waals surface area contributed by atoms with Gasteiger partial charge in [-0.3, -0.25) is 9.48 Å². The fraction of sp³-hybridized carbons (Fsp3) is 0.714. The van der Waals surface area contributed by atoms with Crippen LogP contribution in [0.2, 0.25) is 0 Å². The molecule has 0 aromatic carbocycles. The van der Waals surface area contributed by atoms with Crippen molar-refractivity contribution in [3.05, 3.63) is 18.0 Å². The lowest BCUT2D eigenvalue weighted by molar-refractivity contribution is 0.0934. The summed E-state index contributed by atoms with van der Waals surface area (Å²) in [6.07, 6.45) is 5.92. The molecule has 2 bridgehead atoms. The first kappa shape index (κ1) is 9.86. The summed E-state index contributed by atoms with van der Waals surface area (Å²) in [5, 5.41) is 4.21. The lowest BCUT2D eigenvalue weighted by Crippen LogP contribution is -2.15. The topological polar surface area (TPSA) is 34.9 Å². The van der Waals surface area contributed by atoms with Crippen LogP contribution in [0, 0.1) is 29.6 Å². The maximum Gasteiger partial charge on any atom is 0.184 e. The third kappa shape index (κ3) is 1.17. The smallest absolute Gasteiger partial charge is 0.184 e. The van der Waals surface area contributed by atoms with Crippen LogP contribution in [-0.2, 0) is 6.54 Å². The minimum Gasteiger partial charge on any atom is -0.292 e. The van der Waals surface area contributed by atoms with E-state index in [1.807, 2.05) is 17.7 Å². The maximum absolute atomic E-state index is 12.5. The molecular formula is C14H18N2O. The zero-order chi connectivity index (χ0) is 11.6. The third-order valence-corrected chi connectivity index (χ3v) is 5.31. The molecule has 4 atom stereocenters. The van der Waals surface area contributed by atoms with Gasteiger partial charge in [0, 0.05) is 18.7 Å². The molecule has 3 nitrogen and oxygen atoms in total. The number of fused-ring (bicyclic) bond motifs is 5. The molecule has 0 spiro atoms. The van der Waals surface area contributed by atoms with Gasteiger partial charge in [-0.25, -0.2) is 0 Å². The second-order valence-electron chi connectivity index (χ2n) is 5.91. The summed E-state index contributed by atoms with van der Waals surface area (Å²) in [5.41, 5.74) is 0.839. The summed E-state index contributed by atoms with van der Waals surface area (Å²) in [6, 6.07) is 1.89. The second-order valence-corrected chi connectivity index (χ2v) is 5.91. The molecule has 0 radical (unpaired) electrons. The molecule has 1 aromatic rings. The van der Waals surface area contributed by atoms with Gasteiger partial charge in [0.25, 0.3) is 0 Å². The van der Waals surface area contributed by atoms with Crippen LogP contribution in [0.25, 0.3) is 0 Å². The number of carbonyl (C=O) groups excluding carboxylic acids is 1. The zero-order valence-electron chi connectivity index (χ0n) is 10.2. The number of nitrogens with zero attached hydrogens (tertiary/aromatic N) is 2. The Morgan fingerprint density at radius 1 is 1.41 bits per heavy atom. The second kappa shape index (κ2) is 3.21. The van der Waals surface area contributed by atoms with Crippen molar-refractivity contribution in [3.8, 4) is 0 Å². The molecule has 4 rings (SSSR count). The average molecular weight is 230 g/mol. The number of hydrogen-bond donors (Lipinski definition) is 0. The Labute approximate surface area is 101 Å². The summed E-state index contributed by atoms with van der Waals surface area (Å²) in [5.74, 6) is 3.94. The van der Waals surface area contributed by atoms with Gasteiger partial charge in [0.2, 0.25) is 0 Å². The van der Waals surface area contributed by atoms with E-state index in [-0.39, 0.29) is 0 Å². The Morgan fingerprint density at radius 3 is 2.76 bits per heavy atom. The number of rotatable bonds is 3. The van der Waals surface area contributed by atoms with Crippen molar-refractivity contribution < 1.29 is 4.79 Å². The van der Waals surface area contributed by atoms with Gasteiger partial charge in [-0.05, 0) is 55.9 Å². The number of ketones is 1. The molecule has 3 aliphatic carbocycles. The van der Waals surface area contributed by atoms with Gasteiger partial charge >= 0.3 is 0 Å². The number of hydrogen-bond acceptors (Lipinski definition) is 2. The van der Waals surface area contributed by atoms with Gasteiger partial charge in [-0.15, -0.1) is 0 Å². The van der Waals surface area contributed by atoms with E-state index in [9.17, 15) is 4.79 Å². The molecule has 90 valence electrons. The summed E-state index contributed by atoms with van der Waals surface area (Å²) in [6.45, 7) is 2.84. The van der Waals surface area contributed by atoms with E-state index in [1.165, 1.54) is 19.3 Å². The Kier molecular flexibility index (Phi) is 1.86. The van der Waals surface area contributed by atoms with E-state index in [0.29, 0.717) is 11.7 Å². The molecule has 17 heavy (non-hydrogen) atoms. The molecule has 3 heteroatoms. The van der Waals surface area contributed by atoms with Gasteiger partial charge in [0.15, 0.2) is 5.78 Å². The number of aromatic nitrogens is 2. The molecule has 1 heterocycles. The highest BCUT2D eigenvalue weighted by Gasteiger charge is 2.67. The van der Waals surface area contributed by atoms with Crippen LogP contribution in [0.5, 0.6) is 0 Å². The van der Waals surface area contributed by atoms with E-state index in [2.05, 4.69) is 5.10 Å². The van der Waals surface area contributed by atoms with Crippen molar-refractivity contribution >= 4 is 5.78 Å². The fourth-order valence-electron chi connectivity index (χ4n) is 4.64. The first-order valence-corrected chi connectivity index (χ1v) is 6.87. The first-order valence-electron chi connectivity index (χ1n) is 6.87. The summed E-state index contributed by atoms with van der Waals surface area (Å²) in [7, 11) is 0. The average Bonchev–Trinajstić information content (AvgIpc) is 2.78. The van der Waals surface area contributed by atoms with Crippen molar-refractivity contribution in [2.24, 2.45) is 29.6 Å². The molecule has 3 aliphatic rings. The molecule has 0 amide bonds. The number of Topliss-reactive ketones (excluding diaryl/α,β-unsaturated/α-hetero) is 1. The van der Waals surface area contributed by atoms with Gasteiger partial charge in [-0.2, -0.15) is 5.10 Å². The zero-order valence-corrected chi connectivity index (χ0v) is 10.2. The SMILES string of the molecule is CCn1nccc1C(=O)C1C2C3CCC(C3)C12. The van der Waals surface area contributed by atoms with E-state index >= 15 is 0 Å². The Hall–Kier alpha value is -1.12. The number of aryl methyl sites for hydroxylation is 1. The van der Waals surface area contributed by atoms with Crippen LogP contribution in [0.3, 0.4) is 0 Å².